The van der Waals surface area contributed by atoms with Crippen molar-refractivity contribution in [3.63, 3.8) is 0 Å². The van der Waals surface area contributed by atoms with Crippen molar-refractivity contribution in [1.29, 1.82) is 0 Å². The number of halogens is 1. The van der Waals surface area contributed by atoms with E-state index in [1.54, 1.807) is 4.31 Å². The molecule has 0 rings (SSSR count). The zero-order chi connectivity index (χ0) is 7.98. The summed E-state index contributed by atoms with van der Waals surface area (Å²) >= 11 is 6.73. The molecule has 0 aromatic carbocycles. The molecule has 0 aliphatic carbocycles. The van der Waals surface area contributed by atoms with E-state index < -0.39 is 0 Å². The molecule has 0 aliphatic heterocycles. The van der Waals surface area contributed by atoms with Crippen LogP contribution in [0.15, 0.2) is 0 Å². The molecule has 10 heavy (non-hydrogen) atoms. The Hall–Kier alpha value is 0.110. The fourth-order valence-electron chi connectivity index (χ4n) is 0.562. The van der Waals surface area contributed by atoms with E-state index in [-0.39, 0.29) is 5.37 Å². The van der Waals surface area contributed by atoms with Crippen LogP contribution in [0.2, 0.25) is 0 Å². The molecule has 0 fully saturated rings. The van der Waals surface area contributed by atoms with Gasteiger partial charge in [0.1, 0.15) is 0 Å². The van der Waals surface area contributed by atoms with Gasteiger partial charge in [-0.05, 0) is 30.0 Å². The predicted molar refractivity (Wildman–Crippen MR) is 46.4 cm³/mol. The lowest BCUT2D eigenvalue weighted by Gasteiger charge is -2.15. The van der Waals surface area contributed by atoms with E-state index in [1.165, 1.54) is 11.9 Å². The first-order valence-electron chi connectivity index (χ1n) is 3.32. The molecule has 0 aromatic heterocycles. The average molecular weight is 182 g/mol. The Morgan fingerprint density at radius 3 is 2.50 bits per heavy atom. The highest BCUT2D eigenvalue weighted by Gasteiger charge is 2.07. The van der Waals surface area contributed by atoms with Crippen LogP contribution in [0, 0.1) is 0 Å². The first-order valence-corrected chi connectivity index (χ1v) is 4.64. The van der Waals surface area contributed by atoms with Crippen molar-refractivity contribution < 1.29 is 4.79 Å². The largest absolute Gasteiger partial charge is 0.326 e. The summed E-state index contributed by atoms with van der Waals surface area (Å²) in [5.74, 6) is 0.887. The SMILES string of the molecule is CCCN(SCC)C(=O)Cl. The fourth-order valence-corrected chi connectivity index (χ4v) is 1.52. The van der Waals surface area contributed by atoms with Crippen molar-refractivity contribution in [2.75, 3.05) is 12.3 Å². The number of carbonyl (C=O) groups is 1. The van der Waals surface area contributed by atoms with Crippen LogP contribution in [-0.2, 0) is 0 Å². The molecule has 0 unspecified atom stereocenters. The van der Waals surface area contributed by atoms with E-state index >= 15 is 0 Å². The van der Waals surface area contributed by atoms with Crippen LogP contribution in [0.1, 0.15) is 20.3 Å². The summed E-state index contributed by atoms with van der Waals surface area (Å²) in [6.45, 7) is 4.75. The molecule has 0 saturated heterocycles. The topological polar surface area (TPSA) is 20.3 Å². The summed E-state index contributed by atoms with van der Waals surface area (Å²) in [6, 6.07) is 0. The van der Waals surface area contributed by atoms with Crippen LogP contribution >= 0.6 is 23.5 Å². The minimum atomic E-state index is -0.367. The second kappa shape index (κ2) is 5.86. The van der Waals surface area contributed by atoms with Crippen molar-refractivity contribution in [3.8, 4) is 0 Å². The summed E-state index contributed by atoms with van der Waals surface area (Å²) in [5, 5.41) is -0.367. The molecule has 0 saturated carbocycles. The van der Waals surface area contributed by atoms with Gasteiger partial charge in [0.2, 0.25) is 0 Å². The van der Waals surface area contributed by atoms with Crippen LogP contribution in [0.3, 0.4) is 0 Å². The maximum absolute atomic E-state index is 10.6. The van der Waals surface area contributed by atoms with Gasteiger partial charge in [-0.1, -0.05) is 13.8 Å². The zero-order valence-electron chi connectivity index (χ0n) is 6.26. The second-order valence-electron chi connectivity index (χ2n) is 1.77. The molecule has 60 valence electrons. The molecular weight excluding hydrogens is 170 g/mol. The van der Waals surface area contributed by atoms with Crippen LogP contribution in [0.25, 0.3) is 0 Å². The number of amides is 1. The van der Waals surface area contributed by atoms with Crippen molar-refractivity contribution in [2.24, 2.45) is 0 Å². The number of rotatable bonds is 4. The average Bonchev–Trinajstić information content (AvgIpc) is 1.87. The normalized spacial score (nSPS) is 9.50. The Kier molecular flexibility index (Phi) is 5.93. The van der Waals surface area contributed by atoms with Crippen molar-refractivity contribution in [1.82, 2.24) is 4.31 Å². The molecule has 0 aliphatic rings. The lowest BCUT2D eigenvalue weighted by atomic mass is 10.5. The van der Waals surface area contributed by atoms with E-state index in [0.29, 0.717) is 0 Å². The summed E-state index contributed by atoms with van der Waals surface area (Å²) < 4.78 is 1.57. The van der Waals surface area contributed by atoms with E-state index in [1.807, 2.05) is 13.8 Å². The van der Waals surface area contributed by atoms with Crippen LogP contribution < -0.4 is 0 Å². The third-order valence-corrected chi connectivity index (χ3v) is 2.13. The summed E-state index contributed by atoms with van der Waals surface area (Å²) in [4.78, 5) is 10.6. The number of nitrogens with zero attached hydrogens (tertiary/aromatic N) is 1. The third-order valence-electron chi connectivity index (χ3n) is 0.908. The summed E-state index contributed by atoms with van der Waals surface area (Å²) in [5.41, 5.74) is 0. The van der Waals surface area contributed by atoms with Gasteiger partial charge in [-0.25, -0.2) is 0 Å². The molecule has 0 atom stereocenters. The van der Waals surface area contributed by atoms with E-state index in [2.05, 4.69) is 0 Å². The molecule has 1 amide bonds. The maximum Gasteiger partial charge on any atom is 0.326 e. The smallest absolute Gasteiger partial charge is 0.273 e. The van der Waals surface area contributed by atoms with Crippen LogP contribution in [0.5, 0.6) is 0 Å². The molecule has 0 N–H and O–H groups in total. The molecule has 0 aromatic rings. The first-order chi connectivity index (χ1) is 4.72. The molecule has 0 heterocycles. The van der Waals surface area contributed by atoms with Gasteiger partial charge in [-0.3, -0.25) is 9.10 Å². The number of hydrogen-bond donors (Lipinski definition) is 0. The molecule has 2 nitrogen and oxygen atoms in total. The lowest BCUT2D eigenvalue weighted by molar-refractivity contribution is 0.247. The lowest BCUT2D eigenvalue weighted by Crippen LogP contribution is -2.19. The Morgan fingerprint density at radius 1 is 1.60 bits per heavy atom. The van der Waals surface area contributed by atoms with E-state index in [0.717, 1.165) is 18.7 Å². The number of carbonyl (C=O) groups excluding carboxylic acids is 1. The highest BCUT2D eigenvalue weighted by molar-refractivity contribution is 7.97. The molecule has 0 spiro atoms. The summed E-state index contributed by atoms with van der Waals surface area (Å²) in [7, 11) is 0. The monoisotopic (exact) mass is 181 g/mol. The van der Waals surface area contributed by atoms with Crippen LogP contribution in [-0.4, -0.2) is 22.0 Å². The first kappa shape index (κ1) is 10.1. The van der Waals surface area contributed by atoms with Crippen molar-refractivity contribution >= 4 is 28.9 Å². The summed E-state index contributed by atoms with van der Waals surface area (Å²) in [6.07, 6.45) is 0.950. The van der Waals surface area contributed by atoms with Gasteiger partial charge in [0.15, 0.2) is 0 Å². The van der Waals surface area contributed by atoms with Crippen molar-refractivity contribution in [3.05, 3.63) is 0 Å². The van der Waals surface area contributed by atoms with Gasteiger partial charge in [-0.15, -0.1) is 0 Å². The molecular formula is C6H12ClNOS. The predicted octanol–water partition coefficient (Wildman–Crippen LogP) is 2.73. The van der Waals surface area contributed by atoms with Gasteiger partial charge >= 0.3 is 5.37 Å². The van der Waals surface area contributed by atoms with Gasteiger partial charge in [0.05, 0.1) is 0 Å². The standard InChI is InChI=1S/C6H12ClNOS/c1-3-5-8(6(7)9)10-4-2/h3-5H2,1-2H3. The minimum absolute atomic E-state index is 0.367. The van der Waals surface area contributed by atoms with E-state index in [4.69, 9.17) is 11.6 Å². The number of hydrogen-bond acceptors (Lipinski definition) is 2. The van der Waals surface area contributed by atoms with Gasteiger partial charge < -0.3 is 0 Å². The molecule has 4 heteroatoms. The molecule has 0 radical (unpaired) electrons. The Balaban J connectivity index is 3.61. The van der Waals surface area contributed by atoms with E-state index in [9.17, 15) is 4.79 Å². The van der Waals surface area contributed by atoms with Gasteiger partial charge in [-0.2, -0.15) is 0 Å². The van der Waals surface area contributed by atoms with Crippen LogP contribution in [0.4, 0.5) is 4.79 Å². The quantitative estimate of drug-likeness (QED) is 0.378. The minimum Gasteiger partial charge on any atom is -0.273 e. The van der Waals surface area contributed by atoms with Gasteiger partial charge in [0, 0.05) is 12.3 Å². The molecule has 0 bridgehead atoms. The van der Waals surface area contributed by atoms with Crippen molar-refractivity contribution in [2.45, 2.75) is 20.3 Å². The zero-order valence-corrected chi connectivity index (χ0v) is 7.84. The Labute approximate surface area is 71.0 Å². The highest BCUT2D eigenvalue weighted by Crippen LogP contribution is 2.12. The third kappa shape index (κ3) is 4.01. The second-order valence-corrected chi connectivity index (χ2v) is 3.37. The fraction of sp³-hybridized carbons (Fsp3) is 0.833. The Bertz CT molecular complexity index is 104. The maximum atomic E-state index is 10.6. The highest BCUT2D eigenvalue weighted by atomic mass is 35.5. The van der Waals surface area contributed by atoms with Gasteiger partial charge in [0.25, 0.3) is 0 Å². The Morgan fingerprint density at radius 2 is 2.20 bits per heavy atom.